The first kappa shape index (κ1) is 19.4. The van der Waals surface area contributed by atoms with E-state index in [2.05, 4.69) is 18.5 Å². The van der Waals surface area contributed by atoms with E-state index in [1.165, 1.54) is 24.8 Å². The van der Waals surface area contributed by atoms with Crippen LogP contribution in [0.25, 0.3) is 0 Å². The van der Waals surface area contributed by atoms with Crippen molar-refractivity contribution in [3.63, 3.8) is 0 Å². The molecule has 1 N–H and O–H groups in total. The van der Waals surface area contributed by atoms with Crippen molar-refractivity contribution in [1.82, 2.24) is 0 Å². The molecule has 1 amide bonds. The number of anilines is 1. The Labute approximate surface area is 155 Å². The van der Waals surface area contributed by atoms with Crippen LogP contribution in [-0.2, 0) is 5.75 Å². The highest BCUT2D eigenvalue weighted by molar-refractivity contribution is 7.97. The van der Waals surface area contributed by atoms with E-state index in [0.29, 0.717) is 5.56 Å². The van der Waals surface area contributed by atoms with Crippen molar-refractivity contribution >= 4 is 23.4 Å². The molecule has 0 saturated heterocycles. The number of amides is 1. The summed E-state index contributed by atoms with van der Waals surface area (Å²) in [5.74, 6) is 1.71. The number of thioether (sulfide) groups is 1. The summed E-state index contributed by atoms with van der Waals surface area (Å²) in [6.07, 6.45) is 6.85. The first-order valence-electron chi connectivity index (χ1n) is 8.85. The summed E-state index contributed by atoms with van der Waals surface area (Å²) >= 11 is 1.77. The normalized spacial score (nSPS) is 10.5. The largest absolute Gasteiger partial charge is 0.494 e. The van der Waals surface area contributed by atoms with Gasteiger partial charge in [-0.2, -0.15) is 11.8 Å². The van der Waals surface area contributed by atoms with Crippen LogP contribution >= 0.6 is 11.8 Å². The van der Waals surface area contributed by atoms with Gasteiger partial charge in [-0.3, -0.25) is 4.79 Å². The molecule has 0 fully saturated rings. The predicted molar refractivity (Wildman–Crippen MR) is 108 cm³/mol. The molecule has 0 aliphatic heterocycles. The van der Waals surface area contributed by atoms with Gasteiger partial charge in [0.2, 0.25) is 0 Å². The smallest absolute Gasteiger partial charge is 0.255 e. The molecule has 0 spiro atoms. The van der Waals surface area contributed by atoms with E-state index in [4.69, 9.17) is 4.74 Å². The number of ether oxygens (including phenoxy) is 1. The Kier molecular flexibility index (Phi) is 8.40. The zero-order valence-electron chi connectivity index (χ0n) is 15.1. The number of unbranched alkanes of at least 4 members (excludes halogenated alkanes) is 3. The highest BCUT2D eigenvalue weighted by Gasteiger charge is 2.06. The summed E-state index contributed by atoms with van der Waals surface area (Å²) in [5.41, 5.74) is 2.67. The summed E-state index contributed by atoms with van der Waals surface area (Å²) in [6.45, 7) is 2.95. The van der Waals surface area contributed by atoms with Gasteiger partial charge in [0, 0.05) is 17.0 Å². The fraction of sp³-hybridized carbons (Fsp3) is 0.381. The number of benzene rings is 2. The average molecular weight is 358 g/mol. The fourth-order valence-electron chi connectivity index (χ4n) is 2.48. The lowest BCUT2D eigenvalue weighted by Gasteiger charge is -2.09. The number of hydrogen-bond donors (Lipinski definition) is 1. The molecule has 0 bridgehead atoms. The lowest BCUT2D eigenvalue weighted by Crippen LogP contribution is -2.11. The summed E-state index contributed by atoms with van der Waals surface area (Å²) in [6, 6.07) is 15.3. The monoisotopic (exact) mass is 357 g/mol. The molecule has 0 heterocycles. The first-order chi connectivity index (χ1) is 12.2. The number of hydrogen-bond acceptors (Lipinski definition) is 3. The average Bonchev–Trinajstić information content (AvgIpc) is 2.64. The van der Waals surface area contributed by atoms with Crippen molar-refractivity contribution in [3.05, 3.63) is 59.7 Å². The third-order valence-electron chi connectivity index (χ3n) is 3.91. The van der Waals surface area contributed by atoms with Gasteiger partial charge in [-0.1, -0.05) is 38.3 Å². The standard InChI is InChI=1S/C21H27NO2S/c1-3-4-5-6-15-24-20-13-11-19(12-14-20)22-21(23)18-9-7-17(8-10-18)16-25-2/h7-14H,3-6,15-16H2,1-2H3,(H,22,23). The molecule has 25 heavy (non-hydrogen) atoms. The Morgan fingerprint density at radius 3 is 2.36 bits per heavy atom. The molecular weight excluding hydrogens is 330 g/mol. The summed E-state index contributed by atoms with van der Waals surface area (Å²) in [5, 5.41) is 2.92. The molecule has 0 unspecified atom stereocenters. The summed E-state index contributed by atoms with van der Waals surface area (Å²) in [4.78, 5) is 12.3. The van der Waals surface area contributed by atoms with Crippen molar-refractivity contribution in [2.24, 2.45) is 0 Å². The SMILES string of the molecule is CCCCCCOc1ccc(NC(=O)c2ccc(CSC)cc2)cc1. The van der Waals surface area contributed by atoms with Gasteiger partial charge in [0.25, 0.3) is 5.91 Å². The topological polar surface area (TPSA) is 38.3 Å². The molecule has 2 aromatic rings. The number of carbonyl (C=O) groups is 1. The summed E-state index contributed by atoms with van der Waals surface area (Å²) in [7, 11) is 0. The van der Waals surface area contributed by atoms with Gasteiger partial charge in [-0.15, -0.1) is 0 Å². The van der Waals surface area contributed by atoms with Crippen LogP contribution in [0.15, 0.2) is 48.5 Å². The van der Waals surface area contributed by atoms with Gasteiger partial charge in [0.15, 0.2) is 0 Å². The molecule has 0 aliphatic rings. The molecule has 0 aromatic heterocycles. The minimum atomic E-state index is -0.0936. The fourth-order valence-corrected chi connectivity index (χ4v) is 3.00. The van der Waals surface area contributed by atoms with Gasteiger partial charge in [-0.25, -0.2) is 0 Å². The van der Waals surface area contributed by atoms with E-state index in [1.807, 2.05) is 48.5 Å². The minimum Gasteiger partial charge on any atom is -0.494 e. The first-order valence-corrected chi connectivity index (χ1v) is 10.2. The highest BCUT2D eigenvalue weighted by atomic mass is 32.2. The summed E-state index contributed by atoms with van der Waals surface area (Å²) < 4.78 is 5.72. The Bertz CT molecular complexity index is 638. The van der Waals surface area contributed by atoms with Crippen LogP contribution in [0, 0.1) is 0 Å². The van der Waals surface area contributed by atoms with Gasteiger partial charge >= 0.3 is 0 Å². The van der Waals surface area contributed by atoms with E-state index in [0.717, 1.165) is 30.2 Å². The lowest BCUT2D eigenvalue weighted by atomic mass is 10.1. The Morgan fingerprint density at radius 2 is 1.72 bits per heavy atom. The molecule has 0 atom stereocenters. The van der Waals surface area contributed by atoms with Crippen molar-refractivity contribution in [2.75, 3.05) is 18.2 Å². The second-order valence-electron chi connectivity index (χ2n) is 6.02. The quantitative estimate of drug-likeness (QED) is 0.549. The molecule has 3 nitrogen and oxygen atoms in total. The minimum absolute atomic E-state index is 0.0936. The third-order valence-corrected chi connectivity index (χ3v) is 4.53. The van der Waals surface area contributed by atoms with E-state index >= 15 is 0 Å². The van der Waals surface area contributed by atoms with Gasteiger partial charge in [0.1, 0.15) is 5.75 Å². The van der Waals surface area contributed by atoms with Crippen LogP contribution in [0.2, 0.25) is 0 Å². The zero-order valence-corrected chi connectivity index (χ0v) is 15.9. The molecule has 2 rings (SSSR count). The molecule has 0 aliphatic carbocycles. The lowest BCUT2D eigenvalue weighted by molar-refractivity contribution is 0.102. The van der Waals surface area contributed by atoms with Crippen LogP contribution < -0.4 is 10.1 Å². The van der Waals surface area contributed by atoms with E-state index < -0.39 is 0 Å². The number of nitrogens with one attached hydrogen (secondary N) is 1. The van der Waals surface area contributed by atoms with Crippen LogP contribution in [0.1, 0.15) is 48.5 Å². The van der Waals surface area contributed by atoms with Crippen molar-refractivity contribution < 1.29 is 9.53 Å². The highest BCUT2D eigenvalue weighted by Crippen LogP contribution is 2.17. The Hall–Kier alpha value is -1.94. The van der Waals surface area contributed by atoms with Crippen molar-refractivity contribution in [2.45, 2.75) is 38.4 Å². The zero-order chi connectivity index (χ0) is 17.9. The molecular formula is C21H27NO2S. The van der Waals surface area contributed by atoms with Gasteiger partial charge in [-0.05, 0) is 54.6 Å². The van der Waals surface area contributed by atoms with Gasteiger partial charge < -0.3 is 10.1 Å². The maximum atomic E-state index is 12.3. The number of rotatable bonds is 10. The van der Waals surface area contributed by atoms with Crippen LogP contribution in [-0.4, -0.2) is 18.8 Å². The van der Waals surface area contributed by atoms with E-state index in [1.54, 1.807) is 11.8 Å². The maximum absolute atomic E-state index is 12.3. The second kappa shape index (κ2) is 10.8. The molecule has 2 aromatic carbocycles. The molecule has 0 radical (unpaired) electrons. The molecule has 4 heteroatoms. The van der Waals surface area contributed by atoms with Crippen molar-refractivity contribution in [3.8, 4) is 5.75 Å². The Balaban J connectivity index is 1.82. The predicted octanol–water partition coefficient (Wildman–Crippen LogP) is 5.76. The maximum Gasteiger partial charge on any atom is 0.255 e. The van der Waals surface area contributed by atoms with Crippen molar-refractivity contribution in [1.29, 1.82) is 0 Å². The number of carbonyl (C=O) groups excluding carboxylic acids is 1. The van der Waals surface area contributed by atoms with Crippen LogP contribution in [0.3, 0.4) is 0 Å². The van der Waals surface area contributed by atoms with Crippen LogP contribution in [0.4, 0.5) is 5.69 Å². The molecule has 134 valence electrons. The molecule has 0 saturated carbocycles. The Morgan fingerprint density at radius 1 is 1.00 bits per heavy atom. The third kappa shape index (κ3) is 6.83. The van der Waals surface area contributed by atoms with E-state index in [-0.39, 0.29) is 5.91 Å². The second-order valence-corrected chi connectivity index (χ2v) is 6.88. The van der Waals surface area contributed by atoms with Gasteiger partial charge in [0.05, 0.1) is 6.61 Å². The van der Waals surface area contributed by atoms with Crippen LogP contribution in [0.5, 0.6) is 5.75 Å². The van der Waals surface area contributed by atoms with E-state index in [9.17, 15) is 4.79 Å².